The highest BCUT2D eigenvalue weighted by molar-refractivity contribution is 5.78. The van der Waals surface area contributed by atoms with Gasteiger partial charge in [0.15, 0.2) is 0 Å². The van der Waals surface area contributed by atoms with E-state index in [9.17, 15) is 4.79 Å². The molecule has 0 aliphatic carbocycles. The number of rotatable bonds is 8. The molecule has 100 valence electrons. The molecule has 0 spiro atoms. The monoisotopic (exact) mass is 250 g/mol. The molecule has 0 aromatic heterocycles. The van der Waals surface area contributed by atoms with E-state index < -0.39 is 0 Å². The second-order valence-corrected chi connectivity index (χ2v) is 4.50. The maximum Gasteiger partial charge on any atom is 0.135 e. The summed E-state index contributed by atoms with van der Waals surface area (Å²) in [6, 6.07) is 10.0. The molecule has 0 bridgehead atoms. The van der Waals surface area contributed by atoms with Crippen molar-refractivity contribution in [2.75, 3.05) is 13.7 Å². The number of hydrogen-bond acceptors (Lipinski definition) is 3. The van der Waals surface area contributed by atoms with Crippen LogP contribution in [0.5, 0.6) is 0 Å². The first kappa shape index (κ1) is 14.9. The van der Waals surface area contributed by atoms with Gasteiger partial charge in [-0.25, -0.2) is 0 Å². The zero-order valence-electron chi connectivity index (χ0n) is 11.4. The number of carbonyl (C=O) groups excluding carboxylic acids is 1. The Morgan fingerprint density at radius 3 is 2.50 bits per heavy atom. The maximum atomic E-state index is 11.3. The fourth-order valence-corrected chi connectivity index (χ4v) is 1.80. The van der Waals surface area contributed by atoms with E-state index in [0.717, 1.165) is 12.0 Å². The van der Waals surface area contributed by atoms with E-state index in [1.54, 1.807) is 14.0 Å². The SMILES string of the molecule is CO[C@@H](CCOCc1ccccc1)[C@@H](C)C(C)=O. The highest BCUT2D eigenvalue weighted by atomic mass is 16.5. The van der Waals surface area contributed by atoms with Crippen LogP contribution in [0.15, 0.2) is 30.3 Å². The van der Waals surface area contributed by atoms with Crippen molar-refractivity contribution in [1.29, 1.82) is 0 Å². The second-order valence-electron chi connectivity index (χ2n) is 4.50. The average molecular weight is 250 g/mol. The van der Waals surface area contributed by atoms with Crippen molar-refractivity contribution >= 4 is 5.78 Å². The predicted octanol–water partition coefficient (Wildman–Crippen LogP) is 2.83. The Kier molecular flexibility index (Phi) is 6.61. The summed E-state index contributed by atoms with van der Waals surface area (Å²) in [5.74, 6) is 0.0836. The van der Waals surface area contributed by atoms with Crippen LogP contribution in [-0.4, -0.2) is 25.6 Å². The van der Waals surface area contributed by atoms with Crippen molar-refractivity contribution in [3.8, 4) is 0 Å². The summed E-state index contributed by atoms with van der Waals surface area (Å²) in [4.78, 5) is 11.3. The van der Waals surface area contributed by atoms with Crippen molar-refractivity contribution in [3.63, 3.8) is 0 Å². The third-order valence-electron chi connectivity index (χ3n) is 3.16. The molecule has 0 saturated carbocycles. The van der Waals surface area contributed by atoms with Crippen molar-refractivity contribution in [1.82, 2.24) is 0 Å². The smallest absolute Gasteiger partial charge is 0.135 e. The van der Waals surface area contributed by atoms with Crippen LogP contribution in [0, 0.1) is 5.92 Å². The number of Topliss-reactive ketones (excluding diaryl/α,β-unsaturated/α-hetero) is 1. The largest absolute Gasteiger partial charge is 0.381 e. The number of benzene rings is 1. The van der Waals surface area contributed by atoms with Crippen LogP contribution in [0.1, 0.15) is 25.8 Å². The highest BCUT2D eigenvalue weighted by Crippen LogP contribution is 2.12. The van der Waals surface area contributed by atoms with Crippen molar-refractivity contribution in [3.05, 3.63) is 35.9 Å². The first-order valence-electron chi connectivity index (χ1n) is 6.30. The summed E-state index contributed by atoms with van der Waals surface area (Å²) < 4.78 is 10.9. The van der Waals surface area contributed by atoms with Crippen LogP contribution in [-0.2, 0) is 20.9 Å². The maximum absolute atomic E-state index is 11.3. The molecule has 3 nitrogen and oxygen atoms in total. The molecule has 0 fully saturated rings. The summed E-state index contributed by atoms with van der Waals surface area (Å²) in [6.07, 6.45) is 0.683. The summed E-state index contributed by atoms with van der Waals surface area (Å²) in [5, 5.41) is 0. The van der Waals surface area contributed by atoms with Gasteiger partial charge in [-0.1, -0.05) is 37.3 Å². The van der Waals surface area contributed by atoms with E-state index in [1.165, 1.54) is 0 Å². The number of ether oxygens (including phenoxy) is 2. The zero-order valence-corrected chi connectivity index (χ0v) is 11.4. The molecule has 0 unspecified atom stereocenters. The standard InChI is InChI=1S/C15H22O3/c1-12(13(2)16)15(17-3)9-10-18-11-14-7-5-4-6-8-14/h4-8,12,15H,9-11H2,1-3H3/t12-,15-/m0/s1. The van der Waals surface area contributed by atoms with Gasteiger partial charge in [0.1, 0.15) is 5.78 Å². The van der Waals surface area contributed by atoms with Crippen LogP contribution in [0.4, 0.5) is 0 Å². The Bertz CT molecular complexity index is 348. The van der Waals surface area contributed by atoms with Gasteiger partial charge >= 0.3 is 0 Å². The predicted molar refractivity (Wildman–Crippen MR) is 71.4 cm³/mol. The van der Waals surface area contributed by atoms with Crippen molar-refractivity contribution in [2.45, 2.75) is 33.0 Å². The highest BCUT2D eigenvalue weighted by Gasteiger charge is 2.20. The Balaban J connectivity index is 2.26. The molecule has 0 radical (unpaired) electrons. The van der Waals surface area contributed by atoms with Gasteiger partial charge in [-0.15, -0.1) is 0 Å². The van der Waals surface area contributed by atoms with Crippen LogP contribution < -0.4 is 0 Å². The molecule has 0 aliphatic rings. The summed E-state index contributed by atoms with van der Waals surface area (Å²) in [6.45, 7) is 4.70. The van der Waals surface area contributed by atoms with Crippen molar-refractivity contribution in [2.24, 2.45) is 5.92 Å². The Morgan fingerprint density at radius 2 is 1.94 bits per heavy atom. The minimum absolute atomic E-state index is 0.0572. The Morgan fingerprint density at radius 1 is 1.28 bits per heavy atom. The quantitative estimate of drug-likeness (QED) is 0.665. The Labute approximate surface area is 109 Å². The lowest BCUT2D eigenvalue weighted by Gasteiger charge is -2.20. The molecule has 1 aromatic rings. The van der Waals surface area contributed by atoms with Crippen molar-refractivity contribution < 1.29 is 14.3 Å². The lowest BCUT2D eigenvalue weighted by molar-refractivity contribution is -0.124. The molecular weight excluding hydrogens is 228 g/mol. The lowest BCUT2D eigenvalue weighted by atomic mass is 9.98. The van der Waals surface area contributed by atoms with Crippen LogP contribution >= 0.6 is 0 Å². The number of hydrogen-bond donors (Lipinski definition) is 0. The van der Waals surface area contributed by atoms with Crippen LogP contribution in [0.3, 0.4) is 0 Å². The summed E-state index contributed by atoms with van der Waals surface area (Å²) >= 11 is 0. The molecule has 2 atom stereocenters. The van der Waals surface area contributed by atoms with E-state index in [2.05, 4.69) is 0 Å². The molecule has 1 rings (SSSR count). The molecule has 3 heteroatoms. The van der Waals surface area contributed by atoms with E-state index in [1.807, 2.05) is 37.3 Å². The van der Waals surface area contributed by atoms with E-state index in [0.29, 0.717) is 13.2 Å². The summed E-state index contributed by atoms with van der Waals surface area (Å²) in [7, 11) is 1.64. The molecule has 1 aromatic carbocycles. The van der Waals surface area contributed by atoms with E-state index >= 15 is 0 Å². The van der Waals surface area contributed by atoms with Gasteiger partial charge < -0.3 is 9.47 Å². The van der Waals surface area contributed by atoms with Gasteiger partial charge in [-0.05, 0) is 18.9 Å². The van der Waals surface area contributed by atoms with Gasteiger partial charge in [-0.2, -0.15) is 0 Å². The normalized spacial score (nSPS) is 14.2. The van der Waals surface area contributed by atoms with E-state index in [4.69, 9.17) is 9.47 Å². The molecule has 18 heavy (non-hydrogen) atoms. The van der Waals surface area contributed by atoms with Crippen LogP contribution in [0.25, 0.3) is 0 Å². The third-order valence-corrected chi connectivity index (χ3v) is 3.16. The minimum atomic E-state index is -0.0738. The summed E-state index contributed by atoms with van der Waals surface area (Å²) in [5.41, 5.74) is 1.16. The first-order valence-corrected chi connectivity index (χ1v) is 6.30. The lowest BCUT2D eigenvalue weighted by Crippen LogP contribution is -2.27. The minimum Gasteiger partial charge on any atom is -0.381 e. The molecule has 0 heterocycles. The molecule has 0 N–H and O–H groups in total. The number of methoxy groups -OCH3 is 1. The number of ketones is 1. The van der Waals surface area contributed by atoms with Crippen LogP contribution in [0.2, 0.25) is 0 Å². The molecular formula is C15H22O3. The zero-order chi connectivity index (χ0) is 13.4. The van der Waals surface area contributed by atoms with Gasteiger partial charge in [0.2, 0.25) is 0 Å². The van der Waals surface area contributed by atoms with Gasteiger partial charge in [-0.3, -0.25) is 4.79 Å². The second kappa shape index (κ2) is 8.01. The topological polar surface area (TPSA) is 35.5 Å². The van der Waals surface area contributed by atoms with Gasteiger partial charge in [0, 0.05) is 19.6 Å². The molecule has 0 amide bonds. The van der Waals surface area contributed by atoms with Gasteiger partial charge in [0.05, 0.1) is 12.7 Å². The molecule has 0 saturated heterocycles. The fourth-order valence-electron chi connectivity index (χ4n) is 1.80. The number of carbonyl (C=O) groups is 1. The fraction of sp³-hybridized carbons (Fsp3) is 0.533. The van der Waals surface area contributed by atoms with E-state index in [-0.39, 0.29) is 17.8 Å². The Hall–Kier alpha value is -1.19. The third kappa shape index (κ3) is 4.98. The average Bonchev–Trinajstić information content (AvgIpc) is 2.39. The first-order chi connectivity index (χ1) is 8.65. The van der Waals surface area contributed by atoms with Gasteiger partial charge in [0.25, 0.3) is 0 Å². The molecule has 0 aliphatic heterocycles.